The molecule has 2 aromatic carbocycles. The van der Waals surface area contributed by atoms with Crippen LogP contribution in [0.3, 0.4) is 0 Å². The zero-order valence-electron chi connectivity index (χ0n) is 18.5. The number of hydrogen-bond acceptors (Lipinski definition) is 4. The lowest BCUT2D eigenvalue weighted by Crippen LogP contribution is -2.43. The van der Waals surface area contributed by atoms with Gasteiger partial charge in [0.2, 0.25) is 5.91 Å². The first-order valence-electron chi connectivity index (χ1n) is 10.8. The van der Waals surface area contributed by atoms with Crippen LogP contribution in [0, 0.1) is 26.7 Å². The molecule has 0 saturated heterocycles. The van der Waals surface area contributed by atoms with Crippen molar-refractivity contribution < 1.29 is 19.1 Å². The van der Waals surface area contributed by atoms with E-state index in [1.807, 2.05) is 51.1 Å². The fraction of sp³-hybridized carbons (Fsp3) is 0.400. The Morgan fingerprint density at radius 2 is 1.45 bits per heavy atom. The van der Waals surface area contributed by atoms with E-state index in [-0.39, 0.29) is 29.7 Å². The van der Waals surface area contributed by atoms with Crippen LogP contribution in [-0.4, -0.2) is 35.8 Å². The van der Waals surface area contributed by atoms with Crippen molar-refractivity contribution in [2.45, 2.75) is 52.5 Å². The summed E-state index contributed by atoms with van der Waals surface area (Å²) in [7, 11) is 1.61. The highest BCUT2D eigenvalue weighted by atomic mass is 16.5. The first kappa shape index (κ1) is 21.1. The van der Waals surface area contributed by atoms with Crippen LogP contribution in [0.1, 0.15) is 63.1 Å². The lowest BCUT2D eigenvalue weighted by molar-refractivity contribution is -0.121. The van der Waals surface area contributed by atoms with Crippen LogP contribution >= 0.6 is 0 Å². The standard InChI is InChI=1S/C25H28N2O4/c1-14-7-10-18(13-20(14)31-4)26-23(28)17-8-11-19(12-9-17)27-24(29)21-15(2)5-6-16(3)22(21)25(27)30/h5-7,10,13,17,19H,8-9,11-12H2,1-4H3,(H,26,28). The smallest absolute Gasteiger partial charge is 0.262 e. The summed E-state index contributed by atoms with van der Waals surface area (Å²) in [6.07, 6.45) is 2.56. The van der Waals surface area contributed by atoms with E-state index in [1.54, 1.807) is 7.11 Å². The quantitative estimate of drug-likeness (QED) is 0.743. The van der Waals surface area contributed by atoms with Gasteiger partial charge in [-0.1, -0.05) is 18.2 Å². The topological polar surface area (TPSA) is 75.7 Å². The molecule has 1 fully saturated rings. The van der Waals surface area contributed by atoms with E-state index in [4.69, 9.17) is 4.74 Å². The molecule has 0 bridgehead atoms. The lowest BCUT2D eigenvalue weighted by Gasteiger charge is -2.33. The van der Waals surface area contributed by atoms with Gasteiger partial charge in [-0.3, -0.25) is 19.3 Å². The minimum atomic E-state index is -0.194. The van der Waals surface area contributed by atoms with Gasteiger partial charge in [-0.05, 0) is 69.2 Å². The molecule has 0 unspecified atom stereocenters. The number of rotatable bonds is 4. The number of nitrogens with one attached hydrogen (secondary N) is 1. The molecule has 0 radical (unpaired) electrons. The van der Waals surface area contributed by atoms with Crippen molar-refractivity contribution >= 4 is 23.4 Å². The fourth-order valence-corrected chi connectivity index (χ4v) is 4.77. The minimum Gasteiger partial charge on any atom is -0.496 e. The van der Waals surface area contributed by atoms with Crippen molar-refractivity contribution in [2.24, 2.45) is 5.92 Å². The third-order valence-corrected chi connectivity index (χ3v) is 6.60. The van der Waals surface area contributed by atoms with E-state index < -0.39 is 0 Å². The number of anilines is 1. The molecule has 1 aliphatic carbocycles. The van der Waals surface area contributed by atoms with E-state index in [0.717, 1.165) is 22.4 Å². The molecule has 162 valence electrons. The Balaban J connectivity index is 1.42. The summed E-state index contributed by atoms with van der Waals surface area (Å²) in [5.41, 5.74) is 4.47. The summed E-state index contributed by atoms with van der Waals surface area (Å²) in [5, 5.41) is 2.98. The Labute approximate surface area is 182 Å². The summed E-state index contributed by atoms with van der Waals surface area (Å²) >= 11 is 0. The molecular formula is C25H28N2O4. The molecule has 1 saturated carbocycles. The van der Waals surface area contributed by atoms with Crippen molar-refractivity contribution in [2.75, 3.05) is 12.4 Å². The predicted octanol–water partition coefficient (Wildman–Crippen LogP) is 4.41. The summed E-state index contributed by atoms with van der Waals surface area (Å²) < 4.78 is 5.33. The van der Waals surface area contributed by atoms with Crippen molar-refractivity contribution in [3.05, 3.63) is 58.1 Å². The van der Waals surface area contributed by atoms with Crippen LogP contribution < -0.4 is 10.1 Å². The normalized spacial score (nSPS) is 20.6. The average Bonchev–Trinajstić information content (AvgIpc) is 3.03. The number of methoxy groups -OCH3 is 1. The molecule has 1 aliphatic heterocycles. The largest absolute Gasteiger partial charge is 0.496 e. The summed E-state index contributed by atoms with van der Waals surface area (Å²) in [4.78, 5) is 40.3. The monoisotopic (exact) mass is 420 g/mol. The number of carbonyl (C=O) groups is 3. The van der Waals surface area contributed by atoms with Crippen LogP contribution in [0.2, 0.25) is 0 Å². The molecule has 4 rings (SSSR count). The van der Waals surface area contributed by atoms with Gasteiger partial charge in [0.25, 0.3) is 11.8 Å². The summed E-state index contributed by atoms with van der Waals surface area (Å²) in [5.74, 6) is 0.181. The third-order valence-electron chi connectivity index (χ3n) is 6.60. The first-order valence-corrected chi connectivity index (χ1v) is 10.8. The molecule has 31 heavy (non-hydrogen) atoms. The lowest BCUT2D eigenvalue weighted by atomic mass is 9.84. The molecule has 1 N–H and O–H groups in total. The van der Waals surface area contributed by atoms with Gasteiger partial charge in [0.05, 0.1) is 18.2 Å². The van der Waals surface area contributed by atoms with Gasteiger partial charge in [-0.2, -0.15) is 0 Å². The molecule has 6 nitrogen and oxygen atoms in total. The average molecular weight is 421 g/mol. The SMILES string of the molecule is COc1cc(NC(=O)C2CCC(N3C(=O)c4c(C)ccc(C)c4C3=O)CC2)ccc1C. The van der Waals surface area contributed by atoms with Gasteiger partial charge in [-0.15, -0.1) is 0 Å². The molecule has 2 aromatic rings. The summed E-state index contributed by atoms with van der Waals surface area (Å²) in [6, 6.07) is 9.23. The molecule has 2 aliphatic rings. The van der Waals surface area contributed by atoms with E-state index >= 15 is 0 Å². The number of hydrogen-bond donors (Lipinski definition) is 1. The number of aryl methyl sites for hydroxylation is 3. The Hall–Kier alpha value is -3.15. The van der Waals surface area contributed by atoms with Crippen LogP contribution in [0.15, 0.2) is 30.3 Å². The van der Waals surface area contributed by atoms with Crippen LogP contribution in [0.5, 0.6) is 5.75 Å². The van der Waals surface area contributed by atoms with Gasteiger partial charge in [0.1, 0.15) is 5.75 Å². The van der Waals surface area contributed by atoms with Crippen LogP contribution in [0.25, 0.3) is 0 Å². The maximum atomic E-state index is 13.0. The molecule has 0 spiro atoms. The Bertz CT molecular complexity index is 1030. The molecular weight excluding hydrogens is 392 g/mol. The van der Waals surface area contributed by atoms with Gasteiger partial charge in [0, 0.05) is 23.7 Å². The Morgan fingerprint density at radius 1 is 0.903 bits per heavy atom. The number of imide groups is 1. The predicted molar refractivity (Wildman–Crippen MR) is 119 cm³/mol. The number of nitrogens with zero attached hydrogens (tertiary/aromatic N) is 1. The van der Waals surface area contributed by atoms with Gasteiger partial charge < -0.3 is 10.1 Å². The zero-order valence-corrected chi connectivity index (χ0v) is 18.5. The fourth-order valence-electron chi connectivity index (χ4n) is 4.77. The summed E-state index contributed by atoms with van der Waals surface area (Å²) in [6.45, 7) is 5.69. The van der Waals surface area contributed by atoms with Gasteiger partial charge in [0.15, 0.2) is 0 Å². The van der Waals surface area contributed by atoms with E-state index in [1.165, 1.54) is 4.90 Å². The maximum Gasteiger partial charge on any atom is 0.262 e. The molecule has 1 heterocycles. The van der Waals surface area contributed by atoms with Crippen molar-refractivity contribution in [3.63, 3.8) is 0 Å². The highest BCUT2D eigenvalue weighted by Gasteiger charge is 2.43. The van der Waals surface area contributed by atoms with Crippen molar-refractivity contribution in [3.8, 4) is 5.75 Å². The number of ether oxygens (including phenoxy) is 1. The van der Waals surface area contributed by atoms with E-state index in [9.17, 15) is 14.4 Å². The molecule has 6 heteroatoms. The Kier molecular flexibility index (Phi) is 5.56. The third kappa shape index (κ3) is 3.71. The Morgan fingerprint density at radius 3 is 2.00 bits per heavy atom. The second kappa shape index (κ2) is 8.17. The minimum absolute atomic E-state index is 0.0293. The molecule has 3 amide bonds. The van der Waals surface area contributed by atoms with Gasteiger partial charge in [-0.25, -0.2) is 0 Å². The highest BCUT2D eigenvalue weighted by Crippen LogP contribution is 2.36. The molecule has 0 aromatic heterocycles. The number of amides is 3. The second-order valence-electron chi connectivity index (χ2n) is 8.61. The van der Waals surface area contributed by atoms with Crippen molar-refractivity contribution in [1.29, 1.82) is 0 Å². The van der Waals surface area contributed by atoms with Gasteiger partial charge >= 0.3 is 0 Å². The van der Waals surface area contributed by atoms with E-state index in [2.05, 4.69) is 5.32 Å². The van der Waals surface area contributed by atoms with Crippen LogP contribution in [-0.2, 0) is 4.79 Å². The van der Waals surface area contributed by atoms with Crippen LogP contribution in [0.4, 0.5) is 5.69 Å². The van der Waals surface area contributed by atoms with E-state index in [0.29, 0.717) is 42.5 Å². The number of benzene rings is 2. The first-order chi connectivity index (χ1) is 14.8. The van der Waals surface area contributed by atoms with Crippen molar-refractivity contribution in [1.82, 2.24) is 4.90 Å². The number of fused-ring (bicyclic) bond motifs is 1. The number of carbonyl (C=O) groups excluding carboxylic acids is 3. The second-order valence-corrected chi connectivity index (χ2v) is 8.61. The zero-order chi connectivity index (χ0) is 22.3. The maximum absolute atomic E-state index is 13.0. The highest BCUT2D eigenvalue weighted by molar-refractivity contribution is 6.22. The molecule has 0 atom stereocenters.